The number of benzene rings is 1. The lowest BCUT2D eigenvalue weighted by Gasteiger charge is -2.38. The van der Waals surface area contributed by atoms with Gasteiger partial charge in [-0.05, 0) is 31.4 Å². The van der Waals surface area contributed by atoms with Gasteiger partial charge < -0.3 is 19.8 Å². The second-order valence-electron chi connectivity index (χ2n) is 9.82. The first-order valence-corrected chi connectivity index (χ1v) is 14.7. The van der Waals surface area contributed by atoms with Gasteiger partial charge in [0.2, 0.25) is 11.8 Å². The van der Waals surface area contributed by atoms with Crippen LogP contribution in [0.3, 0.4) is 0 Å². The largest absolute Gasteiger partial charge is 0.396 e. The molecule has 2 bridgehead atoms. The lowest BCUT2D eigenvalue weighted by atomic mass is 9.70. The molecule has 3 heterocycles. The van der Waals surface area contributed by atoms with Crippen LogP contribution in [-0.2, 0) is 14.4 Å². The third-order valence-electron chi connectivity index (χ3n) is 7.62. The van der Waals surface area contributed by atoms with Gasteiger partial charge in [0, 0.05) is 43.4 Å². The zero-order valence-corrected chi connectivity index (χ0v) is 24.1. The zero-order chi connectivity index (χ0) is 26.9. The van der Waals surface area contributed by atoms with Crippen molar-refractivity contribution in [3.05, 3.63) is 54.6 Å². The average Bonchev–Trinajstić information content (AvgIpc) is 3.46. The van der Waals surface area contributed by atoms with E-state index in [0.29, 0.717) is 43.1 Å². The molecule has 0 aliphatic carbocycles. The van der Waals surface area contributed by atoms with E-state index < -0.39 is 22.6 Å². The Kier molecular flexibility index (Phi) is 8.78. The van der Waals surface area contributed by atoms with E-state index in [4.69, 9.17) is 11.6 Å². The summed E-state index contributed by atoms with van der Waals surface area (Å²) in [5, 5.41) is 9.69. The number of aliphatic hydroxyl groups is 1. The molecule has 7 nitrogen and oxygen atoms in total. The predicted molar refractivity (Wildman–Crippen MR) is 152 cm³/mol. The molecule has 3 amide bonds. The monoisotopic (exact) mass is 609 g/mol. The lowest BCUT2D eigenvalue weighted by molar-refractivity contribution is -0.143. The van der Waals surface area contributed by atoms with Gasteiger partial charge in [0.15, 0.2) is 0 Å². The van der Waals surface area contributed by atoms with Crippen LogP contribution >= 0.6 is 39.3 Å². The number of likely N-dealkylation sites (tertiary alicyclic amines) is 1. The van der Waals surface area contributed by atoms with Gasteiger partial charge in [0.1, 0.15) is 6.04 Å². The van der Waals surface area contributed by atoms with E-state index in [9.17, 15) is 19.5 Å². The second kappa shape index (κ2) is 11.5. The molecule has 0 aromatic heterocycles. The van der Waals surface area contributed by atoms with Crippen molar-refractivity contribution in [3.8, 4) is 0 Å². The molecular weight excluding hydrogens is 578 g/mol. The number of rotatable bonds is 11. The zero-order valence-electron chi connectivity index (χ0n) is 20.9. The third kappa shape index (κ3) is 4.77. The average molecular weight is 611 g/mol. The Balaban J connectivity index is 1.79. The van der Waals surface area contributed by atoms with Crippen molar-refractivity contribution in [1.82, 2.24) is 9.80 Å². The fraction of sp³-hybridized carbons (Fsp3) is 0.519. The van der Waals surface area contributed by atoms with E-state index >= 15 is 0 Å². The van der Waals surface area contributed by atoms with Gasteiger partial charge >= 0.3 is 0 Å². The number of carbonyl (C=O) groups is 3. The molecule has 3 aliphatic heterocycles. The van der Waals surface area contributed by atoms with Crippen LogP contribution in [-0.4, -0.2) is 86.8 Å². The molecule has 10 heteroatoms. The smallest absolute Gasteiger partial charge is 0.251 e. The number of hydrogen-bond acceptors (Lipinski definition) is 5. The molecule has 3 saturated heterocycles. The number of likely N-dealkylation sites (N-methyl/N-ethyl adjacent to an activating group) is 1. The number of para-hydroxylation sites is 1. The molecule has 0 saturated carbocycles. The summed E-state index contributed by atoms with van der Waals surface area (Å²) in [7, 11) is 1.72. The number of halogens is 2. The minimum atomic E-state index is -0.766. The Bertz CT molecular complexity index is 1090. The van der Waals surface area contributed by atoms with E-state index in [1.165, 1.54) is 0 Å². The maximum absolute atomic E-state index is 14.5. The van der Waals surface area contributed by atoms with Crippen LogP contribution in [0.2, 0.25) is 5.02 Å². The molecule has 4 rings (SSSR count). The van der Waals surface area contributed by atoms with Crippen molar-refractivity contribution in [2.75, 3.05) is 38.2 Å². The number of unbranched alkanes of at least 4 members (excludes halogenated alkanes) is 1. The Morgan fingerprint density at radius 2 is 1.95 bits per heavy atom. The number of alkyl halides is 1. The van der Waals surface area contributed by atoms with E-state index in [2.05, 4.69) is 29.1 Å². The van der Waals surface area contributed by atoms with Gasteiger partial charge in [0.05, 0.1) is 27.3 Å². The van der Waals surface area contributed by atoms with Crippen LogP contribution in [0, 0.1) is 11.8 Å². The van der Waals surface area contributed by atoms with Crippen LogP contribution in [0.5, 0.6) is 0 Å². The maximum Gasteiger partial charge on any atom is 0.251 e. The molecule has 3 fully saturated rings. The summed E-state index contributed by atoms with van der Waals surface area (Å²) < 4.78 is -0.748. The van der Waals surface area contributed by atoms with Gasteiger partial charge in [-0.25, -0.2) is 0 Å². The van der Waals surface area contributed by atoms with Gasteiger partial charge in [0.25, 0.3) is 5.91 Å². The number of fused-ring (bicyclic) bond motifs is 1. The van der Waals surface area contributed by atoms with E-state index in [0.717, 1.165) is 0 Å². The molecule has 1 N–H and O–H groups in total. The number of hydrogen-bond donors (Lipinski definition) is 1. The van der Waals surface area contributed by atoms with Crippen molar-refractivity contribution in [1.29, 1.82) is 0 Å². The van der Waals surface area contributed by atoms with Gasteiger partial charge in [-0.15, -0.1) is 24.9 Å². The predicted octanol–water partition coefficient (Wildman–Crippen LogP) is 3.74. The highest BCUT2D eigenvalue weighted by molar-refractivity contribution is 9.09. The Hall–Kier alpha value is -1.81. The highest BCUT2D eigenvalue weighted by Crippen LogP contribution is 2.68. The second-order valence-corrected chi connectivity index (χ2v) is 12.9. The van der Waals surface area contributed by atoms with Crippen molar-refractivity contribution in [3.63, 3.8) is 0 Å². The van der Waals surface area contributed by atoms with Gasteiger partial charge in [-0.2, -0.15) is 0 Å². The number of anilines is 1. The Morgan fingerprint density at radius 1 is 1.24 bits per heavy atom. The highest BCUT2D eigenvalue weighted by Gasteiger charge is 2.75. The minimum absolute atomic E-state index is 0.00514. The molecule has 37 heavy (non-hydrogen) atoms. The SMILES string of the molecule is C=CCN(C)C(=O)[C@H]1[C@@H]2SC3(CC2Br)C(C(=O)N(CC=C)c2ccccc2Cl)N(CCCCO)C(=O)[C@H]13. The molecule has 3 aliphatic rings. The number of nitrogens with zero attached hydrogens (tertiary/aromatic N) is 3. The maximum atomic E-state index is 14.5. The highest BCUT2D eigenvalue weighted by atomic mass is 79.9. The van der Waals surface area contributed by atoms with E-state index in [1.807, 2.05) is 6.07 Å². The summed E-state index contributed by atoms with van der Waals surface area (Å²) in [5.74, 6) is -1.62. The van der Waals surface area contributed by atoms with Gasteiger partial charge in [-0.3, -0.25) is 14.4 Å². The van der Waals surface area contributed by atoms with Crippen molar-refractivity contribution >= 4 is 62.7 Å². The molecule has 1 aromatic rings. The first kappa shape index (κ1) is 28.2. The van der Waals surface area contributed by atoms with Crippen LogP contribution in [0.25, 0.3) is 0 Å². The minimum Gasteiger partial charge on any atom is -0.396 e. The number of thioether (sulfide) groups is 1. The summed E-state index contributed by atoms with van der Waals surface area (Å²) in [6, 6.07) is 6.37. The first-order chi connectivity index (χ1) is 17.7. The van der Waals surface area contributed by atoms with E-state index in [-0.39, 0.29) is 41.0 Å². The fourth-order valence-corrected chi connectivity index (χ4v) is 9.96. The van der Waals surface area contributed by atoms with E-state index in [1.54, 1.807) is 63.9 Å². The summed E-state index contributed by atoms with van der Waals surface area (Å²) in [6.45, 7) is 8.54. The summed E-state index contributed by atoms with van der Waals surface area (Å²) in [6.07, 6.45) is 4.99. The number of carbonyl (C=O) groups excluding carboxylic acids is 3. The topological polar surface area (TPSA) is 81.2 Å². The summed E-state index contributed by atoms with van der Waals surface area (Å²) in [4.78, 5) is 47.0. The van der Waals surface area contributed by atoms with Crippen molar-refractivity contribution in [2.45, 2.75) is 40.1 Å². The van der Waals surface area contributed by atoms with Crippen LogP contribution in [0.1, 0.15) is 19.3 Å². The van der Waals surface area contributed by atoms with Crippen molar-refractivity contribution in [2.24, 2.45) is 11.8 Å². The molecule has 1 aromatic carbocycles. The number of aliphatic hydroxyl groups excluding tert-OH is 1. The van der Waals surface area contributed by atoms with Crippen LogP contribution in [0.4, 0.5) is 5.69 Å². The quantitative estimate of drug-likeness (QED) is 0.235. The summed E-state index contributed by atoms with van der Waals surface area (Å²) >= 11 is 11.9. The van der Waals surface area contributed by atoms with Crippen LogP contribution < -0.4 is 4.90 Å². The fourth-order valence-electron chi connectivity index (χ4n) is 6.12. The lowest BCUT2D eigenvalue weighted by Crippen LogP contribution is -2.56. The molecular formula is C27H33BrClN3O4S. The Morgan fingerprint density at radius 3 is 2.59 bits per heavy atom. The molecule has 6 atom stereocenters. The summed E-state index contributed by atoms with van der Waals surface area (Å²) in [5.41, 5.74) is 0.558. The number of amides is 3. The third-order valence-corrected chi connectivity index (χ3v) is 11.2. The normalized spacial score (nSPS) is 29.8. The first-order valence-electron chi connectivity index (χ1n) is 12.5. The molecule has 3 unspecified atom stereocenters. The molecule has 200 valence electrons. The molecule has 0 radical (unpaired) electrons. The standard InChI is InChI=1S/C27H33BrClN3O4S/c1-4-12-30(3)24(34)20-21-25(35)32(14-8-9-15-33)23(27(21)16-17(28)22(20)37-27)26(36)31(13-5-2)19-11-7-6-10-18(19)29/h4-7,10-11,17,20-23,33H,1-2,8-9,12-16H2,3H3/t17?,20-,21+,22-,23?,27?/m1/s1. The van der Waals surface area contributed by atoms with Crippen LogP contribution in [0.15, 0.2) is 49.6 Å². The van der Waals surface area contributed by atoms with Crippen molar-refractivity contribution < 1.29 is 19.5 Å². The molecule has 1 spiro atoms. The van der Waals surface area contributed by atoms with Gasteiger partial charge in [-0.1, -0.05) is 51.8 Å². The Labute approximate surface area is 236 Å².